The number of imidazole rings is 1. The summed E-state index contributed by atoms with van der Waals surface area (Å²) < 4.78 is 7.64. The van der Waals surface area contributed by atoms with Gasteiger partial charge in [0.15, 0.2) is 0 Å². The van der Waals surface area contributed by atoms with Crippen molar-refractivity contribution in [3.05, 3.63) is 64.9 Å². The zero-order valence-corrected chi connectivity index (χ0v) is 15.3. The van der Waals surface area contributed by atoms with E-state index in [1.807, 2.05) is 53.1 Å². The number of benzene rings is 2. The van der Waals surface area contributed by atoms with E-state index in [4.69, 9.17) is 21.4 Å². The molecule has 3 aromatic rings. The lowest BCUT2D eigenvalue weighted by atomic mass is 10.2. The molecule has 1 aromatic heterocycles. The van der Waals surface area contributed by atoms with Crippen molar-refractivity contribution in [1.29, 1.82) is 0 Å². The van der Waals surface area contributed by atoms with Gasteiger partial charge in [-0.15, -0.1) is 0 Å². The summed E-state index contributed by atoms with van der Waals surface area (Å²) in [5.74, 6) is 0.866. The summed E-state index contributed by atoms with van der Waals surface area (Å²) in [5.41, 5.74) is 2.77. The average molecular weight is 375 g/mol. The van der Waals surface area contributed by atoms with E-state index in [1.54, 1.807) is 0 Å². The molecule has 0 saturated carbocycles. The Bertz CT molecular complexity index is 850. The third kappa shape index (κ3) is 4.62. The molecule has 26 heavy (non-hydrogen) atoms. The van der Waals surface area contributed by atoms with Crippen LogP contribution in [0.25, 0.3) is 11.0 Å². The van der Waals surface area contributed by atoms with Crippen molar-refractivity contribution in [3.8, 4) is 0 Å². The fourth-order valence-electron chi connectivity index (χ4n) is 2.94. The van der Waals surface area contributed by atoms with Crippen LogP contribution < -0.4 is 0 Å². The number of hydrogen-bond acceptors (Lipinski definition) is 4. The Hall–Kier alpha value is -1.92. The molecule has 0 unspecified atom stereocenters. The van der Waals surface area contributed by atoms with Crippen molar-refractivity contribution in [3.63, 3.8) is 0 Å². The molecule has 0 spiro atoms. The fraction of sp³-hybridized carbons (Fsp3) is 0.350. The van der Waals surface area contributed by atoms with Gasteiger partial charge >= 0.3 is 0 Å². The molecule has 3 rings (SSSR count). The van der Waals surface area contributed by atoms with Gasteiger partial charge in [0.1, 0.15) is 5.82 Å². The van der Waals surface area contributed by atoms with Crippen molar-refractivity contribution >= 4 is 22.6 Å². The smallest absolute Gasteiger partial charge is 0.110 e. The van der Waals surface area contributed by atoms with E-state index in [9.17, 15) is 5.11 Å². The van der Waals surface area contributed by atoms with E-state index in [0.717, 1.165) is 22.4 Å². The Morgan fingerprint density at radius 1 is 1.12 bits per heavy atom. The molecule has 0 aliphatic rings. The average Bonchev–Trinajstić information content (AvgIpc) is 2.99. The van der Waals surface area contributed by atoms with E-state index < -0.39 is 6.10 Å². The van der Waals surface area contributed by atoms with Crippen LogP contribution in [0.15, 0.2) is 48.5 Å². The predicted octanol–water partition coefficient (Wildman–Crippen LogP) is 3.19. The summed E-state index contributed by atoms with van der Waals surface area (Å²) in [6, 6.07) is 15.4. The highest BCUT2D eigenvalue weighted by atomic mass is 35.5. The zero-order valence-electron chi connectivity index (χ0n) is 14.5. The van der Waals surface area contributed by atoms with E-state index in [2.05, 4.69) is 4.98 Å². The first-order valence-corrected chi connectivity index (χ1v) is 9.11. The summed E-state index contributed by atoms with van der Waals surface area (Å²) in [6.45, 7) is 1.08. The second kappa shape index (κ2) is 9.14. The molecule has 0 aliphatic carbocycles. The van der Waals surface area contributed by atoms with Crippen LogP contribution in [0.3, 0.4) is 0 Å². The van der Waals surface area contributed by atoms with Gasteiger partial charge in [0.25, 0.3) is 0 Å². The van der Waals surface area contributed by atoms with Crippen LogP contribution in [0, 0.1) is 0 Å². The van der Waals surface area contributed by atoms with Crippen molar-refractivity contribution in [2.45, 2.75) is 32.1 Å². The van der Waals surface area contributed by atoms with Gasteiger partial charge in [-0.05, 0) is 30.2 Å². The molecular formula is C20H23ClN2O3. The number of aromatic nitrogens is 2. The van der Waals surface area contributed by atoms with Crippen LogP contribution in [-0.2, 0) is 24.3 Å². The molecule has 0 fully saturated rings. The summed E-state index contributed by atoms with van der Waals surface area (Å²) in [7, 11) is 0. The quantitative estimate of drug-likeness (QED) is 0.603. The molecule has 1 heterocycles. The second-order valence-electron chi connectivity index (χ2n) is 6.21. The number of aryl methyl sites for hydroxylation is 1. The first-order valence-electron chi connectivity index (χ1n) is 8.73. The number of para-hydroxylation sites is 2. The summed E-state index contributed by atoms with van der Waals surface area (Å²) in [6.07, 6.45) is 0.642. The fourth-order valence-corrected chi connectivity index (χ4v) is 3.13. The van der Waals surface area contributed by atoms with Gasteiger partial charge < -0.3 is 19.5 Å². The molecule has 138 valence electrons. The van der Waals surface area contributed by atoms with Crippen LogP contribution in [0.1, 0.15) is 17.8 Å². The van der Waals surface area contributed by atoms with Gasteiger partial charge in [0.05, 0.1) is 36.9 Å². The van der Waals surface area contributed by atoms with E-state index >= 15 is 0 Å². The number of halogens is 1. The molecule has 2 aromatic carbocycles. The maximum Gasteiger partial charge on any atom is 0.110 e. The standard InChI is InChI=1S/C20H23ClN2O3/c21-17-7-2-1-6-15(17)13-26-14-16(25)12-23-19-9-4-3-8-18(19)22-20(23)10-5-11-24/h1-4,6-9,16,24-25H,5,10-14H2/t16-/m0/s1. The largest absolute Gasteiger partial charge is 0.396 e. The molecule has 0 saturated heterocycles. The Balaban J connectivity index is 1.64. The summed E-state index contributed by atoms with van der Waals surface area (Å²) in [5, 5.41) is 20.2. The van der Waals surface area contributed by atoms with Gasteiger partial charge in [-0.3, -0.25) is 0 Å². The molecule has 6 heteroatoms. The number of fused-ring (bicyclic) bond motifs is 1. The highest BCUT2D eigenvalue weighted by molar-refractivity contribution is 6.31. The van der Waals surface area contributed by atoms with Crippen molar-refractivity contribution in [2.75, 3.05) is 13.2 Å². The monoisotopic (exact) mass is 374 g/mol. The van der Waals surface area contributed by atoms with Gasteiger partial charge in [0, 0.05) is 18.1 Å². The Morgan fingerprint density at radius 2 is 1.88 bits per heavy atom. The summed E-state index contributed by atoms with van der Waals surface area (Å²) >= 11 is 6.11. The van der Waals surface area contributed by atoms with E-state index in [0.29, 0.717) is 31.0 Å². The highest BCUT2D eigenvalue weighted by Crippen LogP contribution is 2.19. The Labute approximate surface area is 157 Å². The molecule has 2 N–H and O–H groups in total. The topological polar surface area (TPSA) is 67.5 Å². The molecule has 0 aliphatic heterocycles. The van der Waals surface area contributed by atoms with Gasteiger partial charge in [-0.25, -0.2) is 4.98 Å². The maximum atomic E-state index is 10.4. The van der Waals surface area contributed by atoms with Crippen LogP contribution in [-0.4, -0.2) is 39.1 Å². The minimum atomic E-state index is -0.664. The first-order chi connectivity index (χ1) is 12.7. The van der Waals surface area contributed by atoms with Crippen molar-refractivity contribution in [1.82, 2.24) is 9.55 Å². The number of hydrogen-bond donors (Lipinski definition) is 2. The van der Waals surface area contributed by atoms with Crippen molar-refractivity contribution < 1.29 is 14.9 Å². The van der Waals surface area contributed by atoms with Crippen molar-refractivity contribution in [2.24, 2.45) is 0 Å². The SMILES string of the molecule is OCCCc1nc2ccccc2n1C[C@H](O)COCc1ccccc1Cl. The van der Waals surface area contributed by atoms with E-state index in [-0.39, 0.29) is 13.2 Å². The maximum absolute atomic E-state index is 10.4. The van der Waals surface area contributed by atoms with Crippen LogP contribution >= 0.6 is 11.6 Å². The van der Waals surface area contributed by atoms with Gasteiger partial charge in [-0.2, -0.15) is 0 Å². The summed E-state index contributed by atoms with van der Waals surface area (Å²) in [4.78, 5) is 4.63. The lowest BCUT2D eigenvalue weighted by Crippen LogP contribution is -2.23. The number of ether oxygens (including phenoxy) is 1. The second-order valence-corrected chi connectivity index (χ2v) is 6.62. The minimum Gasteiger partial charge on any atom is -0.396 e. The zero-order chi connectivity index (χ0) is 18.4. The molecule has 1 atom stereocenters. The minimum absolute atomic E-state index is 0.118. The Kier molecular flexibility index (Phi) is 6.63. The molecule has 0 amide bonds. The highest BCUT2D eigenvalue weighted by Gasteiger charge is 2.14. The number of rotatable bonds is 9. The lowest BCUT2D eigenvalue weighted by molar-refractivity contribution is 0.0205. The number of aliphatic hydroxyl groups excluding tert-OH is 2. The van der Waals surface area contributed by atoms with Crippen LogP contribution in [0.4, 0.5) is 0 Å². The molecule has 5 nitrogen and oxygen atoms in total. The Morgan fingerprint density at radius 3 is 2.69 bits per heavy atom. The predicted molar refractivity (Wildman–Crippen MR) is 102 cm³/mol. The third-order valence-electron chi connectivity index (χ3n) is 4.21. The molecular weight excluding hydrogens is 352 g/mol. The number of aliphatic hydroxyl groups is 2. The first kappa shape index (κ1) is 18.9. The lowest BCUT2D eigenvalue weighted by Gasteiger charge is -2.15. The number of nitrogens with zero attached hydrogens (tertiary/aromatic N) is 2. The normalized spacial score (nSPS) is 12.6. The molecule has 0 radical (unpaired) electrons. The van der Waals surface area contributed by atoms with Crippen LogP contribution in [0.2, 0.25) is 5.02 Å². The van der Waals surface area contributed by atoms with Gasteiger partial charge in [-0.1, -0.05) is 41.9 Å². The van der Waals surface area contributed by atoms with Crippen LogP contribution in [0.5, 0.6) is 0 Å². The van der Waals surface area contributed by atoms with E-state index in [1.165, 1.54) is 0 Å². The third-order valence-corrected chi connectivity index (χ3v) is 4.58. The van der Waals surface area contributed by atoms with Gasteiger partial charge in [0.2, 0.25) is 0 Å². The molecule has 0 bridgehead atoms.